The first-order chi connectivity index (χ1) is 17.3. The number of carboxylic acids is 1. The molecule has 2 aliphatic rings. The standard InChI is InChI=1S/C23H31N7O6/c1-3-18(29-9-8-24-21(23(29)35)25-11-17-13(2)27-36-28-17)22(34)26-16(10-20(32)33)19(31)12-30-14-4-5-15(30)7-6-14/h8-9,14-16,18H,3-7,10-12H2,1-2H3,(H,24,25)(H,26,34)(H,32,33)/t14?,15?,16-,18-/m0/s1. The first kappa shape index (κ1) is 25.5. The van der Waals surface area contributed by atoms with Crippen LogP contribution in [0.4, 0.5) is 5.82 Å². The van der Waals surface area contributed by atoms with E-state index in [4.69, 9.17) is 0 Å². The third-order valence-electron chi connectivity index (χ3n) is 7.09. The Bertz CT molecular complexity index is 1160. The molecule has 4 heterocycles. The van der Waals surface area contributed by atoms with Crippen LogP contribution in [0.15, 0.2) is 21.8 Å². The number of aryl methyl sites for hydroxylation is 1. The van der Waals surface area contributed by atoms with Gasteiger partial charge in [-0.05, 0) is 39.0 Å². The molecule has 36 heavy (non-hydrogen) atoms. The summed E-state index contributed by atoms with van der Waals surface area (Å²) in [5.74, 6) is -2.11. The van der Waals surface area contributed by atoms with E-state index < -0.39 is 35.9 Å². The van der Waals surface area contributed by atoms with E-state index in [0.29, 0.717) is 23.5 Å². The lowest BCUT2D eigenvalue weighted by molar-refractivity contribution is -0.140. The van der Waals surface area contributed by atoms with E-state index in [1.165, 1.54) is 17.0 Å². The first-order valence-electron chi connectivity index (χ1n) is 12.2. The number of carboxylic acid groups (broad SMARTS) is 1. The highest BCUT2D eigenvalue weighted by Gasteiger charge is 2.41. The second-order valence-corrected chi connectivity index (χ2v) is 9.32. The zero-order valence-corrected chi connectivity index (χ0v) is 20.3. The number of carbonyl (C=O) groups excluding carboxylic acids is 2. The van der Waals surface area contributed by atoms with E-state index in [0.717, 1.165) is 25.7 Å². The van der Waals surface area contributed by atoms with Crippen LogP contribution < -0.4 is 16.2 Å². The SMILES string of the molecule is CC[C@@H](C(=O)N[C@@H](CC(=O)O)C(=O)CN1C2CCC1CC2)n1ccnc(NCc2nonc2C)c1=O. The minimum atomic E-state index is -1.18. The van der Waals surface area contributed by atoms with Gasteiger partial charge in [-0.1, -0.05) is 17.2 Å². The molecule has 13 nitrogen and oxygen atoms in total. The van der Waals surface area contributed by atoms with Gasteiger partial charge in [-0.3, -0.25) is 28.6 Å². The van der Waals surface area contributed by atoms with E-state index in [1.54, 1.807) is 13.8 Å². The third-order valence-corrected chi connectivity index (χ3v) is 7.09. The second kappa shape index (κ2) is 11.0. The Balaban J connectivity index is 1.46. The smallest absolute Gasteiger partial charge is 0.305 e. The molecule has 0 radical (unpaired) electrons. The number of fused-ring (bicyclic) bond motifs is 2. The Hall–Kier alpha value is -3.61. The first-order valence-corrected chi connectivity index (χ1v) is 12.2. The molecular weight excluding hydrogens is 470 g/mol. The molecule has 2 saturated heterocycles. The quantitative estimate of drug-likeness (QED) is 0.373. The van der Waals surface area contributed by atoms with Gasteiger partial charge in [0, 0.05) is 24.5 Å². The topological polar surface area (TPSA) is 173 Å². The molecular formula is C23H31N7O6. The van der Waals surface area contributed by atoms with Gasteiger partial charge in [-0.25, -0.2) is 9.61 Å². The molecule has 2 atom stereocenters. The summed E-state index contributed by atoms with van der Waals surface area (Å²) in [7, 11) is 0. The summed E-state index contributed by atoms with van der Waals surface area (Å²) in [4.78, 5) is 57.0. The fourth-order valence-corrected chi connectivity index (χ4v) is 5.13. The summed E-state index contributed by atoms with van der Waals surface area (Å²) >= 11 is 0. The fourth-order valence-electron chi connectivity index (χ4n) is 5.13. The highest BCUT2D eigenvalue weighted by atomic mass is 16.6. The van der Waals surface area contributed by atoms with Crippen molar-refractivity contribution in [1.82, 2.24) is 30.1 Å². The monoisotopic (exact) mass is 501 g/mol. The van der Waals surface area contributed by atoms with Crippen LogP contribution in [0.25, 0.3) is 0 Å². The maximum Gasteiger partial charge on any atom is 0.305 e. The normalized spacial score (nSPS) is 20.7. The molecule has 194 valence electrons. The summed E-state index contributed by atoms with van der Waals surface area (Å²) in [6, 6.07) is -1.44. The Morgan fingerprint density at radius 2 is 1.89 bits per heavy atom. The van der Waals surface area contributed by atoms with Crippen molar-refractivity contribution >= 4 is 23.5 Å². The van der Waals surface area contributed by atoms with Crippen molar-refractivity contribution < 1.29 is 24.1 Å². The number of aromatic nitrogens is 4. The Morgan fingerprint density at radius 1 is 1.19 bits per heavy atom. The molecule has 2 bridgehead atoms. The van der Waals surface area contributed by atoms with E-state index in [-0.39, 0.29) is 31.1 Å². The molecule has 1 amide bonds. The highest BCUT2D eigenvalue weighted by Crippen LogP contribution is 2.37. The average molecular weight is 502 g/mol. The highest BCUT2D eigenvalue weighted by molar-refractivity contribution is 5.94. The number of nitrogens with one attached hydrogen (secondary N) is 2. The fraction of sp³-hybridized carbons (Fsp3) is 0.609. The minimum absolute atomic E-state index is 0.00817. The molecule has 13 heteroatoms. The van der Waals surface area contributed by atoms with Crippen LogP contribution in [0, 0.1) is 6.92 Å². The number of nitrogens with zero attached hydrogens (tertiary/aromatic N) is 5. The van der Waals surface area contributed by atoms with Crippen molar-refractivity contribution in [2.45, 2.75) is 83.1 Å². The second-order valence-electron chi connectivity index (χ2n) is 9.32. The van der Waals surface area contributed by atoms with Crippen molar-refractivity contribution in [2.24, 2.45) is 0 Å². The number of anilines is 1. The van der Waals surface area contributed by atoms with Gasteiger partial charge in [0.05, 0.1) is 25.6 Å². The number of hydrogen-bond acceptors (Lipinski definition) is 10. The molecule has 2 aromatic rings. The van der Waals surface area contributed by atoms with Gasteiger partial charge in [0.25, 0.3) is 5.56 Å². The van der Waals surface area contributed by atoms with Crippen molar-refractivity contribution in [3.63, 3.8) is 0 Å². The number of aliphatic carboxylic acids is 1. The summed E-state index contributed by atoms with van der Waals surface area (Å²) in [6.45, 7) is 3.71. The van der Waals surface area contributed by atoms with E-state index in [2.05, 4.69) is 35.5 Å². The Labute approximate surface area is 207 Å². The van der Waals surface area contributed by atoms with Crippen LogP contribution in [0.1, 0.15) is 62.9 Å². The van der Waals surface area contributed by atoms with Crippen LogP contribution >= 0.6 is 0 Å². The van der Waals surface area contributed by atoms with Gasteiger partial charge in [0.2, 0.25) is 5.91 Å². The number of carbonyl (C=O) groups is 3. The van der Waals surface area contributed by atoms with Gasteiger partial charge in [0.1, 0.15) is 17.4 Å². The molecule has 4 rings (SSSR count). The van der Waals surface area contributed by atoms with Gasteiger partial charge >= 0.3 is 5.97 Å². The molecule has 0 aromatic carbocycles. The summed E-state index contributed by atoms with van der Waals surface area (Å²) in [6.07, 6.45) is 6.66. The number of hydrogen-bond donors (Lipinski definition) is 3. The molecule has 0 spiro atoms. The molecule has 3 N–H and O–H groups in total. The van der Waals surface area contributed by atoms with Gasteiger partial charge in [-0.15, -0.1) is 0 Å². The molecule has 2 fully saturated rings. The van der Waals surface area contributed by atoms with Crippen LogP contribution in [-0.4, -0.2) is 72.2 Å². The van der Waals surface area contributed by atoms with Crippen molar-refractivity contribution in [1.29, 1.82) is 0 Å². The van der Waals surface area contributed by atoms with Crippen LogP contribution in [0.5, 0.6) is 0 Å². The van der Waals surface area contributed by atoms with E-state index in [1.807, 2.05) is 0 Å². The van der Waals surface area contributed by atoms with Gasteiger partial charge < -0.3 is 15.7 Å². The minimum Gasteiger partial charge on any atom is -0.481 e. The number of amides is 1. The Kier molecular flexibility index (Phi) is 7.77. The third kappa shape index (κ3) is 5.45. The lowest BCUT2D eigenvalue weighted by Gasteiger charge is -2.25. The largest absolute Gasteiger partial charge is 0.481 e. The summed E-state index contributed by atoms with van der Waals surface area (Å²) in [5.41, 5.74) is 0.543. The predicted molar refractivity (Wildman–Crippen MR) is 126 cm³/mol. The van der Waals surface area contributed by atoms with Gasteiger partial charge in [-0.2, -0.15) is 0 Å². The lowest BCUT2D eigenvalue weighted by Crippen LogP contribution is -2.50. The molecule has 0 aliphatic carbocycles. The van der Waals surface area contributed by atoms with Crippen molar-refractivity contribution in [3.05, 3.63) is 34.1 Å². The molecule has 0 unspecified atom stereocenters. The maximum absolute atomic E-state index is 13.2. The average Bonchev–Trinajstić information content (AvgIpc) is 3.55. The van der Waals surface area contributed by atoms with Crippen molar-refractivity contribution in [3.8, 4) is 0 Å². The van der Waals surface area contributed by atoms with Crippen LogP contribution in [0.2, 0.25) is 0 Å². The zero-order chi connectivity index (χ0) is 25.8. The zero-order valence-electron chi connectivity index (χ0n) is 20.3. The Morgan fingerprint density at radius 3 is 2.47 bits per heavy atom. The maximum atomic E-state index is 13.2. The summed E-state index contributed by atoms with van der Waals surface area (Å²) in [5, 5.41) is 22.3. The predicted octanol–water partition coefficient (Wildman–Crippen LogP) is 0.653. The molecule has 2 aliphatic heterocycles. The van der Waals surface area contributed by atoms with Crippen LogP contribution in [0.3, 0.4) is 0 Å². The number of rotatable bonds is 12. The molecule has 0 saturated carbocycles. The van der Waals surface area contributed by atoms with Gasteiger partial charge in [0.15, 0.2) is 11.6 Å². The van der Waals surface area contributed by atoms with Crippen molar-refractivity contribution in [2.75, 3.05) is 11.9 Å². The van der Waals surface area contributed by atoms with Crippen LogP contribution in [-0.2, 0) is 20.9 Å². The summed E-state index contributed by atoms with van der Waals surface area (Å²) < 4.78 is 5.87. The number of Topliss-reactive ketones (excluding diaryl/α,β-unsaturated/α-hetero) is 1. The number of ketones is 1. The lowest BCUT2D eigenvalue weighted by atomic mass is 10.0. The molecule has 2 aromatic heterocycles. The van der Waals surface area contributed by atoms with E-state index in [9.17, 15) is 24.3 Å². The van der Waals surface area contributed by atoms with E-state index >= 15 is 0 Å².